The van der Waals surface area contributed by atoms with Gasteiger partial charge in [0.1, 0.15) is 0 Å². The van der Waals surface area contributed by atoms with Gasteiger partial charge in [-0.15, -0.1) is 0 Å². The maximum Gasteiger partial charge on any atom is 0.191 e. The second kappa shape index (κ2) is 14.3. The SMILES string of the molecule is CCC(CC)C(CNC(=NC)NCCCCCOC)N1CCOCC1. The van der Waals surface area contributed by atoms with Crippen molar-refractivity contribution in [2.75, 3.05) is 60.2 Å². The molecule has 1 atom stereocenters. The molecule has 0 radical (unpaired) electrons. The van der Waals surface area contributed by atoms with Crippen molar-refractivity contribution < 1.29 is 9.47 Å². The van der Waals surface area contributed by atoms with E-state index in [-0.39, 0.29) is 0 Å². The topological polar surface area (TPSA) is 58.1 Å². The number of nitrogens with one attached hydrogen (secondary N) is 2. The Bertz CT molecular complexity index is 342. The molecule has 25 heavy (non-hydrogen) atoms. The summed E-state index contributed by atoms with van der Waals surface area (Å²) in [6, 6.07) is 0.541. The zero-order chi connectivity index (χ0) is 18.3. The first-order valence-electron chi connectivity index (χ1n) is 10.0. The summed E-state index contributed by atoms with van der Waals surface area (Å²) >= 11 is 0. The van der Waals surface area contributed by atoms with Crippen LogP contribution in [0.25, 0.3) is 0 Å². The third-order valence-electron chi connectivity index (χ3n) is 5.13. The predicted molar refractivity (Wildman–Crippen MR) is 105 cm³/mol. The average Bonchev–Trinajstić information content (AvgIpc) is 2.66. The Hall–Kier alpha value is -0.850. The first kappa shape index (κ1) is 22.2. The fourth-order valence-electron chi connectivity index (χ4n) is 3.51. The quantitative estimate of drug-likeness (QED) is 0.319. The van der Waals surface area contributed by atoms with Crippen molar-refractivity contribution in [2.45, 2.75) is 52.0 Å². The van der Waals surface area contributed by atoms with E-state index >= 15 is 0 Å². The predicted octanol–water partition coefficient (Wildman–Crippen LogP) is 2.11. The minimum absolute atomic E-state index is 0.541. The smallest absolute Gasteiger partial charge is 0.191 e. The minimum Gasteiger partial charge on any atom is -0.385 e. The molecule has 0 bridgehead atoms. The Kier molecular flexibility index (Phi) is 12.7. The Morgan fingerprint density at radius 2 is 1.84 bits per heavy atom. The van der Waals surface area contributed by atoms with E-state index in [1.54, 1.807) is 7.11 Å². The van der Waals surface area contributed by atoms with E-state index in [0.717, 1.165) is 64.8 Å². The summed E-state index contributed by atoms with van der Waals surface area (Å²) in [5.41, 5.74) is 0. The molecule has 1 unspecified atom stereocenters. The molecule has 0 aromatic carbocycles. The lowest BCUT2D eigenvalue weighted by Crippen LogP contribution is -2.53. The summed E-state index contributed by atoms with van der Waals surface area (Å²) in [6.07, 6.45) is 5.88. The van der Waals surface area contributed by atoms with Crippen LogP contribution >= 0.6 is 0 Å². The van der Waals surface area contributed by atoms with Gasteiger partial charge < -0.3 is 20.1 Å². The van der Waals surface area contributed by atoms with Crippen LogP contribution in [0.1, 0.15) is 46.0 Å². The molecule has 148 valence electrons. The molecular weight excluding hydrogens is 316 g/mol. The first-order valence-corrected chi connectivity index (χ1v) is 10.0. The molecule has 0 aromatic heterocycles. The number of ether oxygens (including phenoxy) is 2. The van der Waals surface area contributed by atoms with Crippen LogP contribution in [0.4, 0.5) is 0 Å². The molecule has 2 N–H and O–H groups in total. The summed E-state index contributed by atoms with van der Waals surface area (Å²) in [5.74, 6) is 1.62. The highest BCUT2D eigenvalue weighted by Crippen LogP contribution is 2.19. The third-order valence-corrected chi connectivity index (χ3v) is 5.13. The first-order chi connectivity index (χ1) is 12.3. The van der Waals surface area contributed by atoms with E-state index in [4.69, 9.17) is 9.47 Å². The fraction of sp³-hybridized carbons (Fsp3) is 0.947. The maximum atomic E-state index is 5.53. The zero-order valence-electron chi connectivity index (χ0n) is 16.9. The molecule has 1 aliphatic rings. The van der Waals surface area contributed by atoms with E-state index in [0.29, 0.717) is 12.0 Å². The number of rotatable bonds is 12. The van der Waals surface area contributed by atoms with Crippen molar-refractivity contribution >= 4 is 5.96 Å². The molecule has 1 rings (SSSR count). The van der Waals surface area contributed by atoms with Gasteiger partial charge >= 0.3 is 0 Å². The molecule has 1 heterocycles. The highest BCUT2D eigenvalue weighted by molar-refractivity contribution is 5.79. The summed E-state index contributed by atoms with van der Waals surface area (Å²) in [5, 5.41) is 6.98. The number of methoxy groups -OCH3 is 1. The van der Waals surface area contributed by atoms with Gasteiger partial charge in [0.05, 0.1) is 13.2 Å². The molecule has 0 aliphatic carbocycles. The van der Waals surface area contributed by atoms with Gasteiger partial charge in [0.25, 0.3) is 0 Å². The fourth-order valence-corrected chi connectivity index (χ4v) is 3.51. The van der Waals surface area contributed by atoms with E-state index in [9.17, 15) is 0 Å². The summed E-state index contributed by atoms with van der Waals surface area (Å²) < 4.78 is 10.6. The lowest BCUT2D eigenvalue weighted by Gasteiger charge is -2.39. The average molecular weight is 357 g/mol. The Balaban J connectivity index is 2.41. The van der Waals surface area contributed by atoms with Crippen molar-refractivity contribution in [3.8, 4) is 0 Å². The number of morpholine rings is 1. The van der Waals surface area contributed by atoms with E-state index in [2.05, 4.69) is 34.4 Å². The van der Waals surface area contributed by atoms with Crippen molar-refractivity contribution in [1.29, 1.82) is 0 Å². The molecular formula is C19H40N4O2. The second-order valence-electron chi connectivity index (χ2n) is 6.73. The van der Waals surface area contributed by atoms with Crippen LogP contribution in [0.15, 0.2) is 4.99 Å². The van der Waals surface area contributed by atoms with E-state index in [1.165, 1.54) is 19.3 Å². The Morgan fingerprint density at radius 1 is 1.12 bits per heavy atom. The lowest BCUT2D eigenvalue weighted by atomic mass is 9.92. The lowest BCUT2D eigenvalue weighted by molar-refractivity contribution is 0.00272. The summed E-state index contributed by atoms with van der Waals surface area (Å²) in [6.45, 7) is 11.1. The van der Waals surface area contributed by atoms with Gasteiger partial charge in [0.2, 0.25) is 0 Å². The number of guanidine groups is 1. The Morgan fingerprint density at radius 3 is 2.44 bits per heavy atom. The number of unbranched alkanes of at least 4 members (excludes halogenated alkanes) is 2. The van der Waals surface area contributed by atoms with Gasteiger partial charge in [-0.2, -0.15) is 0 Å². The van der Waals surface area contributed by atoms with Crippen molar-refractivity contribution in [3.05, 3.63) is 0 Å². The second-order valence-corrected chi connectivity index (χ2v) is 6.73. The number of hydrogen-bond acceptors (Lipinski definition) is 4. The summed E-state index contributed by atoms with van der Waals surface area (Å²) in [4.78, 5) is 6.97. The van der Waals surface area contributed by atoms with Gasteiger partial charge in [-0.1, -0.05) is 26.7 Å². The van der Waals surface area contributed by atoms with Crippen molar-refractivity contribution in [3.63, 3.8) is 0 Å². The molecule has 6 nitrogen and oxygen atoms in total. The molecule has 0 saturated carbocycles. The highest BCUT2D eigenvalue weighted by Gasteiger charge is 2.26. The van der Waals surface area contributed by atoms with Crippen LogP contribution in [-0.2, 0) is 9.47 Å². The van der Waals surface area contributed by atoms with Crippen LogP contribution in [0.2, 0.25) is 0 Å². The molecule has 1 saturated heterocycles. The molecule has 6 heteroatoms. The monoisotopic (exact) mass is 356 g/mol. The van der Waals surface area contributed by atoms with E-state index in [1.807, 2.05) is 7.05 Å². The number of hydrogen-bond donors (Lipinski definition) is 2. The molecule has 0 aromatic rings. The van der Waals surface area contributed by atoms with Gasteiger partial charge in [0, 0.05) is 53.0 Å². The maximum absolute atomic E-state index is 5.53. The standard InChI is InChI=1S/C19H40N4O2/c1-5-17(6-2)18(23-11-14-25-15-12-23)16-22-19(20-3)21-10-8-7-9-13-24-4/h17-18H,5-16H2,1-4H3,(H2,20,21,22). The van der Waals surface area contributed by atoms with Gasteiger partial charge in [0.15, 0.2) is 5.96 Å². The highest BCUT2D eigenvalue weighted by atomic mass is 16.5. The number of nitrogens with zero attached hydrogens (tertiary/aromatic N) is 2. The molecule has 1 aliphatic heterocycles. The van der Waals surface area contributed by atoms with Crippen LogP contribution in [0.5, 0.6) is 0 Å². The van der Waals surface area contributed by atoms with Crippen LogP contribution in [0, 0.1) is 5.92 Å². The van der Waals surface area contributed by atoms with Crippen molar-refractivity contribution in [1.82, 2.24) is 15.5 Å². The zero-order valence-corrected chi connectivity index (χ0v) is 16.9. The van der Waals surface area contributed by atoms with E-state index < -0.39 is 0 Å². The molecule has 0 spiro atoms. The van der Waals surface area contributed by atoms with Crippen LogP contribution in [-0.4, -0.2) is 77.1 Å². The van der Waals surface area contributed by atoms with Gasteiger partial charge in [-0.3, -0.25) is 9.89 Å². The third kappa shape index (κ3) is 8.88. The van der Waals surface area contributed by atoms with Crippen LogP contribution < -0.4 is 10.6 Å². The van der Waals surface area contributed by atoms with Crippen molar-refractivity contribution in [2.24, 2.45) is 10.9 Å². The van der Waals surface area contributed by atoms with Gasteiger partial charge in [-0.05, 0) is 25.2 Å². The van der Waals surface area contributed by atoms with Gasteiger partial charge in [-0.25, -0.2) is 0 Å². The minimum atomic E-state index is 0.541. The summed E-state index contributed by atoms with van der Waals surface area (Å²) in [7, 11) is 3.61. The van der Waals surface area contributed by atoms with Crippen LogP contribution in [0.3, 0.4) is 0 Å². The molecule has 1 fully saturated rings. The normalized spacial score (nSPS) is 17.7. The largest absolute Gasteiger partial charge is 0.385 e. The number of aliphatic imine (C=N–C) groups is 1. The Labute approximate surface area is 154 Å². The molecule has 0 amide bonds.